The Labute approximate surface area is 113 Å². The molecule has 0 radical (unpaired) electrons. The summed E-state index contributed by atoms with van der Waals surface area (Å²) in [4.78, 5) is 0. The molecule has 0 spiro atoms. The van der Waals surface area contributed by atoms with Crippen molar-refractivity contribution in [3.05, 3.63) is 17.0 Å². The highest BCUT2D eigenvalue weighted by molar-refractivity contribution is 7.91. The predicted octanol–water partition coefficient (Wildman–Crippen LogP) is 2.02. The summed E-state index contributed by atoms with van der Waals surface area (Å²) < 4.78 is 27.2. The molecule has 4 nitrogen and oxygen atoms in total. The van der Waals surface area contributed by atoms with Crippen LogP contribution in [0.4, 0.5) is 0 Å². The van der Waals surface area contributed by atoms with E-state index in [0.717, 1.165) is 18.4 Å². The van der Waals surface area contributed by atoms with E-state index in [-0.39, 0.29) is 6.04 Å². The minimum atomic E-state index is -3.33. The molecule has 0 aromatic carbocycles. The molecule has 0 aliphatic heterocycles. The first kappa shape index (κ1) is 14.0. The normalized spacial score (nSPS) is 16.7. The molecule has 1 fully saturated rings. The molecule has 1 heterocycles. The molecule has 2 N–H and O–H groups in total. The summed E-state index contributed by atoms with van der Waals surface area (Å²) in [6, 6.07) is 1.91. The zero-order chi connectivity index (χ0) is 13.3. The quantitative estimate of drug-likeness (QED) is 0.871. The SMILES string of the molecule is CC(C)CN(C1CC1)S(=O)(=O)c1cc(CN)cs1. The van der Waals surface area contributed by atoms with Gasteiger partial charge in [-0.05, 0) is 35.8 Å². The molecule has 0 atom stereocenters. The van der Waals surface area contributed by atoms with Crippen LogP contribution in [0, 0.1) is 5.92 Å². The van der Waals surface area contributed by atoms with E-state index in [1.165, 1.54) is 11.3 Å². The number of hydrogen-bond acceptors (Lipinski definition) is 4. The van der Waals surface area contributed by atoms with Gasteiger partial charge in [0.1, 0.15) is 4.21 Å². The molecule has 1 aliphatic carbocycles. The van der Waals surface area contributed by atoms with Crippen molar-refractivity contribution in [2.24, 2.45) is 11.7 Å². The Morgan fingerprint density at radius 1 is 1.50 bits per heavy atom. The van der Waals surface area contributed by atoms with E-state index in [2.05, 4.69) is 0 Å². The fourth-order valence-corrected chi connectivity index (χ4v) is 5.08. The van der Waals surface area contributed by atoms with Crippen molar-refractivity contribution in [1.29, 1.82) is 0 Å². The van der Waals surface area contributed by atoms with E-state index >= 15 is 0 Å². The number of nitrogens with two attached hydrogens (primary N) is 1. The van der Waals surface area contributed by atoms with E-state index in [9.17, 15) is 8.42 Å². The smallest absolute Gasteiger partial charge is 0.252 e. The Morgan fingerprint density at radius 2 is 2.17 bits per heavy atom. The molecule has 0 unspecified atom stereocenters. The van der Waals surface area contributed by atoms with Crippen molar-refractivity contribution < 1.29 is 8.42 Å². The Bertz CT molecular complexity index is 504. The Morgan fingerprint density at radius 3 is 2.61 bits per heavy atom. The molecule has 2 rings (SSSR count). The second-order valence-electron chi connectivity index (χ2n) is 5.18. The van der Waals surface area contributed by atoms with Crippen LogP contribution in [-0.4, -0.2) is 25.3 Å². The van der Waals surface area contributed by atoms with E-state index < -0.39 is 10.0 Å². The molecular formula is C12H20N2O2S2. The van der Waals surface area contributed by atoms with Gasteiger partial charge < -0.3 is 5.73 Å². The highest BCUT2D eigenvalue weighted by Crippen LogP contribution is 2.34. The fraction of sp³-hybridized carbons (Fsp3) is 0.667. The molecule has 1 aliphatic rings. The summed E-state index contributed by atoms with van der Waals surface area (Å²) in [5.41, 5.74) is 6.42. The number of thiophene rings is 1. The largest absolute Gasteiger partial charge is 0.326 e. The van der Waals surface area contributed by atoms with Crippen LogP contribution in [-0.2, 0) is 16.6 Å². The lowest BCUT2D eigenvalue weighted by Gasteiger charge is -2.22. The second-order valence-corrected chi connectivity index (χ2v) is 8.21. The molecule has 6 heteroatoms. The Hall–Kier alpha value is -0.430. The average molecular weight is 288 g/mol. The lowest BCUT2D eigenvalue weighted by atomic mass is 10.2. The summed E-state index contributed by atoms with van der Waals surface area (Å²) in [5, 5.41) is 1.83. The number of nitrogens with zero attached hydrogens (tertiary/aromatic N) is 1. The number of sulfonamides is 1. The molecule has 18 heavy (non-hydrogen) atoms. The minimum absolute atomic E-state index is 0.209. The summed E-state index contributed by atoms with van der Waals surface area (Å²) in [5.74, 6) is 0.342. The standard InChI is InChI=1S/C12H20N2O2S2/c1-9(2)7-14(11-3-4-11)18(15,16)12-5-10(6-13)8-17-12/h5,8-9,11H,3-4,6-7,13H2,1-2H3. The minimum Gasteiger partial charge on any atom is -0.326 e. The van der Waals surface area contributed by atoms with Gasteiger partial charge in [0, 0.05) is 19.1 Å². The number of rotatable bonds is 6. The molecule has 0 saturated heterocycles. The van der Waals surface area contributed by atoms with Crippen LogP contribution in [0.15, 0.2) is 15.7 Å². The maximum Gasteiger partial charge on any atom is 0.252 e. The third kappa shape index (κ3) is 2.93. The predicted molar refractivity (Wildman–Crippen MR) is 74.0 cm³/mol. The summed E-state index contributed by atoms with van der Waals surface area (Å²) in [6.45, 7) is 5.08. The van der Waals surface area contributed by atoms with Gasteiger partial charge in [-0.1, -0.05) is 13.8 Å². The van der Waals surface area contributed by atoms with Crippen LogP contribution < -0.4 is 5.73 Å². The topological polar surface area (TPSA) is 63.4 Å². The number of hydrogen-bond donors (Lipinski definition) is 1. The molecule has 0 bridgehead atoms. The molecule has 1 saturated carbocycles. The lowest BCUT2D eigenvalue weighted by molar-refractivity contribution is 0.361. The van der Waals surface area contributed by atoms with Crippen molar-refractivity contribution in [2.75, 3.05) is 6.54 Å². The first-order valence-corrected chi connectivity index (χ1v) is 8.56. The van der Waals surface area contributed by atoms with Gasteiger partial charge in [-0.3, -0.25) is 0 Å². The van der Waals surface area contributed by atoms with Crippen LogP contribution in [0.1, 0.15) is 32.3 Å². The lowest BCUT2D eigenvalue weighted by Crippen LogP contribution is -2.35. The summed E-state index contributed by atoms with van der Waals surface area (Å²) in [6.07, 6.45) is 1.97. The van der Waals surface area contributed by atoms with E-state index in [4.69, 9.17) is 5.73 Å². The van der Waals surface area contributed by atoms with Crippen molar-refractivity contribution >= 4 is 21.4 Å². The molecule has 1 aromatic rings. The van der Waals surface area contributed by atoms with Crippen LogP contribution in [0.25, 0.3) is 0 Å². The van der Waals surface area contributed by atoms with Gasteiger partial charge in [-0.15, -0.1) is 11.3 Å². The summed E-state index contributed by atoms with van der Waals surface area (Å²) >= 11 is 1.27. The molecular weight excluding hydrogens is 268 g/mol. The first-order valence-electron chi connectivity index (χ1n) is 6.24. The third-order valence-corrected chi connectivity index (χ3v) is 6.31. The van der Waals surface area contributed by atoms with Crippen molar-refractivity contribution in [1.82, 2.24) is 4.31 Å². The zero-order valence-corrected chi connectivity index (χ0v) is 12.4. The average Bonchev–Trinajstić information content (AvgIpc) is 3.01. The van der Waals surface area contributed by atoms with Crippen LogP contribution in [0.5, 0.6) is 0 Å². The molecule has 0 amide bonds. The van der Waals surface area contributed by atoms with Crippen molar-refractivity contribution in [2.45, 2.75) is 43.5 Å². The third-order valence-electron chi connectivity index (χ3n) is 2.93. The van der Waals surface area contributed by atoms with Crippen molar-refractivity contribution in [3.8, 4) is 0 Å². The van der Waals surface area contributed by atoms with E-state index in [1.807, 2.05) is 19.2 Å². The van der Waals surface area contributed by atoms with Crippen LogP contribution in [0.3, 0.4) is 0 Å². The summed E-state index contributed by atoms with van der Waals surface area (Å²) in [7, 11) is -3.33. The monoisotopic (exact) mass is 288 g/mol. The van der Waals surface area contributed by atoms with Gasteiger partial charge in [0.25, 0.3) is 10.0 Å². The van der Waals surface area contributed by atoms with Crippen LogP contribution >= 0.6 is 11.3 Å². The van der Waals surface area contributed by atoms with Gasteiger partial charge in [0.15, 0.2) is 0 Å². The van der Waals surface area contributed by atoms with Crippen molar-refractivity contribution in [3.63, 3.8) is 0 Å². The van der Waals surface area contributed by atoms with Gasteiger partial charge >= 0.3 is 0 Å². The van der Waals surface area contributed by atoms with Crippen LogP contribution in [0.2, 0.25) is 0 Å². The maximum absolute atomic E-state index is 12.6. The molecule has 102 valence electrons. The zero-order valence-electron chi connectivity index (χ0n) is 10.8. The molecule has 1 aromatic heterocycles. The Kier molecular flexibility index (Phi) is 4.11. The van der Waals surface area contributed by atoms with E-state index in [1.54, 1.807) is 10.4 Å². The van der Waals surface area contributed by atoms with E-state index in [0.29, 0.717) is 23.2 Å². The first-order chi connectivity index (χ1) is 8.45. The highest BCUT2D eigenvalue weighted by atomic mass is 32.2. The van der Waals surface area contributed by atoms with Gasteiger partial charge in [-0.2, -0.15) is 4.31 Å². The van der Waals surface area contributed by atoms with Gasteiger partial charge in [0.2, 0.25) is 0 Å². The Balaban J connectivity index is 2.26. The van der Waals surface area contributed by atoms with Gasteiger partial charge in [0.05, 0.1) is 0 Å². The van der Waals surface area contributed by atoms with Gasteiger partial charge in [-0.25, -0.2) is 8.42 Å². The maximum atomic E-state index is 12.6. The fourth-order valence-electron chi connectivity index (χ4n) is 1.88. The highest BCUT2D eigenvalue weighted by Gasteiger charge is 2.38. The second kappa shape index (κ2) is 5.28.